The summed E-state index contributed by atoms with van der Waals surface area (Å²) in [7, 11) is 1.38. The van der Waals surface area contributed by atoms with Gasteiger partial charge in [0.25, 0.3) is 0 Å². The number of esters is 1. The average Bonchev–Trinajstić information content (AvgIpc) is 2.79. The largest absolute Gasteiger partial charge is 0.465 e. The van der Waals surface area contributed by atoms with E-state index in [-0.39, 0.29) is 11.9 Å². The summed E-state index contributed by atoms with van der Waals surface area (Å²) in [5.41, 5.74) is 4.90. The topological polar surface area (TPSA) is 80.3 Å². The molecular formula is C25H25N3O3. The molecule has 0 saturated carbocycles. The van der Waals surface area contributed by atoms with Crippen LogP contribution in [-0.4, -0.2) is 24.0 Å². The van der Waals surface area contributed by atoms with Crippen molar-refractivity contribution in [3.8, 4) is 11.1 Å². The molecule has 0 radical (unpaired) electrons. The zero-order valence-corrected chi connectivity index (χ0v) is 17.8. The zero-order chi connectivity index (χ0) is 22.2. The predicted octanol–water partition coefficient (Wildman–Crippen LogP) is 4.97. The van der Waals surface area contributed by atoms with Crippen LogP contribution in [-0.2, 0) is 16.1 Å². The number of anilines is 2. The van der Waals surface area contributed by atoms with E-state index in [1.54, 1.807) is 25.3 Å². The highest BCUT2D eigenvalue weighted by Gasteiger charge is 2.13. The Morgan fingerprint density at radius 2 is 1.81 bits per heavy atom. The van der Waals surface area contributed by atoms with Gasteiger partial charge in [-0.1, -0.05) is 48.5 Å². The SMILES string of the molecule is C/C=C/C(=O)Nc1c(C)ccnc1NCc1ccc(-c2ccccc2C(=O)OC)cc1. The number of nitrogens with zero attached hydrogens (tertiary/aromatic N) is 1. The molecule has 6 heteroatoms. The lowest BCUT2D eigenvalue weighted by Gasteiger charge is -2.14. The van der Waals surface area contributed by atoms with Crippen molar-refractivity contribution in [3.05, 3.63) is 89.6 Å². The summed E-state index contributed by atoms with van der Waals surface area (Å²) in [5.74, 6) is 0.0487. The molecule has 0 atom stereocenters. The molecule has 1 heterocycles. The van der Waals surface area contributed by atoms with Crippen LogP contribution in [0.15, 0.2) is 72.9 Å². The van der Waals surface area contributed by atoms with E-state index in [1.165, 1.54) is 13.2 Å². The van der Waals surface area contributed by atoms with Gasteiger partial charge in [0.15, 0.2) is 0 Å². The van der Waals surface area contributed by atoms with Gasteiger partial charge in [-0.05, 0) is 54.3 Å². The van der Waals surface area contributed by atoms with Gasteiger partial charge in [0, 0.05) is 12.7 Å². The molecule has 0 fully saturated rings. The van der Waals surface area contributed by atoms with Crippen molar-refractivity contribution in [2.45, 2.75) is 20.4 Å². The van der Waals surface area contributed by atoms with Crippen LogP contribution < -0.4 is 10.6 Å². The van der Waals surface area contributed by atoms with E-state index in [4.69, 9.17) is 4.74 Å². The lowest BCUT2D eigenvalue weighted by Crippen LogP contribution is -2.13. The van der Waals surface area contributed by atoms with Gasteiger partial charge in [-0.2, -0.15) is 0 Å². The Balaban J connectivity index is 1.76. The smallest absolute Gasteiger partial charge is 0.338 e. The van der Waals surface area contributed by atoms with E-state index < -0.39 is 0 Å². The zero-order valence-electron chi connectivity index (χ0n) is 17.8. The molecule has 158 valence electrons. The number of carbonyl (C=O) groups is 2. The summed E-state index contributed by atoms with van der Waals surface area (Å²) in [5, 5.41) is 6.17. The van der Waals surface area contributed by atoms with Crippen LogP contribution >= 0.6 is 0 Å². The molecule has 1 aromatic heterocycles. The molecule has 0 unspecified atom stereocenters. The van der Waals surface area contributed by atoms with E-state index in [1.807, 2.05) is 55.5 Å². The number of carbonyl (C=O) groups excluding carboxylic acids is 2. The number of rotatable bonds is 7. The third kappa shape index (κ3) is 5.36. The van der Waals surface area contributed by atoms with Crippen LogP contribution in [0.3, 0.4) is 0 Å². The Kier molecular flexibility index (Phi) is 7.17. The second-order valence-corrected chi connectivity index (χ2v) is 6.93. The monoisotopic (exact) mass is 415 g/mol. The van der Waals surface area contributed by atoms with Gasteiger partial charge >= 0.3 is 5.97 Å². The lowest BCUT2D eigenvalue weighted by atomic mass is 9.98. The van der Waals surface area contributed by atoms with Crippen molar-refractivity contribution < 1.29 is 14.3 Å². The maximum absolute atomic E-state index is 12.0. The molecule has 31 heavy (non-hydrogen) atoms. The van der Waals surface area contributed by atoms with Crippen LogP contribution in [0.2, 0.25) is 0 Å². The third-order valence-corrected chi connectivity index (χ3v) is 4.78. The third-order valence-electron chi connectivity index (χ3n) is 4.78. The molecule has 3 rings (SSSR count). The van der Waals surface area contributed by atoms with Crippen LogP contribution in [0.1, 0.15) is 28.4 Å². The summed E-state index contributed by atoms with van der Waals surface area (Å²) in [6.45, 7) is 4.25. The minimum atomic E-state index is -0.362. The van der Waals surface area contributed by atoms with Gasteiger partial charge in [-0.25, -0.2) is 9.78 Å². The second kappa shape index (κ2) is 10.2. The van der Waals surface area contributed by atoms with E-state index in [2.05, 4.69) is 15.6 Å². The first kappa shape index (κ1) is 21.8. The van der Waals surface area contributed by atoms with Gasteiger partial charge in [0.2, 0.25) is 5.91 Å². The molecule has 3 aromatic rings. The van der Waals surface area contributed by atoms with Crippen LogP contribution in [0.4, 0.5) is 11.5 Å². The predicted molar refractivity (Wildman–Crippen MR) is 123 cm³/mol. The molecule has 0 saturated heterocycles. The van der Waals surface area contributed by atoms with Crippen molar-refractivity contribution in [2.75, 3.05) is 17.7 Å². The van der Waals surface area contributed by atoms with Gasteiger partial charge in [-0.3, -0.25) is 4.79 Å². The second-order valence-electron chi connectivity index (χ2n) is 6.93. The number of amides is 1. The van der Waals surface area contributed by atoms with Gasteiger partial charge < -0.3 is 15.4 Å². The van der Waals surface area contributed by atoms with Crippen molar-refractivity contribution in [1.82, 2.24) is 4.98 Å². The van der Waals surface area contributed by atoms with Crippen molar-refractivity contribution in [3.63, 3.8) is 0 Å². The number of hydrogen-bond donors (Lipinski definition) is 2. The fraction of sp³-hybridized carbons (Fsp3) is 0.160. The number of methoxy groups -OCH3 is 1. The summed E-state index contributed by atoms with van der Waals surface area (Å²) in [6.07, 6.45) is 4.87. The Labute approximate surface area is 182 Å². The average molecular weight is 415 g/mol. The summed E-state index contributed by atoms with van der Waals surface area (Å²) < 4.78 is 4.88. The molecule has 0 aliphatic carbocycles. The number of aromatic nitrogens is 1. The first-order valence-corrected chi connectivity index (χ1v) is 9.93. The minimum Gasteiger partial charge on any atom is -0.465 e. The van der Waals surface area contributed by atoms with Crippen molar-refractivity contribution in [2.24, 2.45) is 0 Å². The summed E-state index contributed by atoms with van der Waals surface area (Å²) >= 11 is 0. The molecule has 0 aliphatic rings. The Morgan fingerprint density at radius 3 is 2.52 bits per heavy atom. The van der Waals surface area contributed by atoms with Gasteiger partial charge in [0.1, 0.15) is 5.82 Å². The van der Waals surface area contributed by atoms with E-state index in [0.717, 1.165) is 22.3 Å². The number of benzene rings is 2. The quantitative estimate of drug-likeness (QED) is 0.421. The van der Waals surface area contributed by atoms with Gasteiger partial charge in [-0.15, -0.1) is 0 Å². The fourth-order valence-electron chi connectivity index (χ4n) is 3.18. The molecule has 2 N–H and O–H groups in total. The molecule has 2 aromatic carbocycles. The maximum Gasteiger partial charge on any atom is 0.338 e. The van der Waals surface area contributed by atoms with E-state index in [9.17, 15) is 9.59 Å². The van der Waals surface area contributed by atoms with E-state index in [0.29, 0.717) is 23.6 Å². The first-order valence-electron chi connectivity index (χ1n) is 9.93. The first-order chi connectivity index (χ1) is 15.0. The Hall–Kier alpha value is -3.93. The number of aryl methyl sites for hydroxylation is 1. The number of hydrogen-bond acceptors (Lipinski definition) is 5. The van der Waals surface area contributed by atoms with Crippen molar-refractivity contribution in [1.29, 1.82) is 0 Å². The molecule has 0 bridgehead atoms. The Bertz CT molecular complexity index is 1110. The summed E-state index contributed by atoms with van der Waals surface area (Å²) in [4.78, 5) is 28.4. The minimum absolute atomic E-state index is 0.199. The molecule has 0 spiro atoms. The van der Waals surface area contributed by atoms with Crippen LogP contribution in [0.25, 0.3) is 11.1 Å². The number of allylic oxidation sites excluding steroid dienone is 1. The summed E-state index contributed by atoms with van der Waals surface area (Å²) in [6, 6.07) is 17.1. The van der Waals surface area contributed by atoms with Gasteiger partial charge in [0.05, 0.1) is 18.4 Å². The van der Waals surface area contributed by atoms with Crippen LogP contribution in [0.5, 0.6) is 0 Å². The normalized spacial score (nSPS) is 10.7. The maximum atomic E-state index is 12.0. The Morgan fingerprint density at radius 1 is 1.06 bits per heavy atom. The van der Waals surface area contributed by atoms with E-state index >= 15 is 0 Å². The number of pyridine rings is 1. The highest BCUT2D eigenvalue weighted by Crippen LogP contribution is 2.26. The molecule has 1 amide bonds. The molecule has 0 aliphatic heterocycles. The number of ether oxygens (including phenoxy) is 1. The lowest BCUT2D eigenvalue weighted by molar-refractivity contribution is -0.111. The highest BCUT2D eigenvalue weighted by atomic mass is 16.5. The standard InChI is InChI=1S/C25H25N3O3/c1-4-7-22(29)28-23-17(2)14-15-26-24(23)27-16-18-10-12-19(13-11-18)20-8-5-6-9-21(20)25(30)31-3/h4-15H,16H2,1-3H3,(H,26,27)(H,28,29)/b7-4+. The molecule has 6 nitrogen and oxygen atoms in total. The number of nitrogens with one attached hydrogen (secondary N) is 2. The van der Waals surface area contributed by atoms with Crippen LogP contribution in [0, 0.1) is 6.92 Å². The highest BCUT2D eigenvalue weighted by molar-refractivity contribution is 6.01. The fourth-order valence-corrected chi connectivity index (χ4v) is 3.18. The molecular weight excluding hydrogens is 390 g/mol. The van der Waals surface area contributed by atoms with Crippen molar-refractivity contribution >= 4 is 23.4 Å².